The number of piperidine rings is 1. The Hall–Kier alpha value is -0.590. The normalized spacial score (nSPS) is 21.9. The predicted molar refractivity (Wildman–Crippen MR) is 78.3 cm³/mol. The van der Waals surface area contributed by atoms with E-state index in [1.54, 1.807) is 6.07 Å². The monoisotopic (exact) mass is 318 g/mol. The van der Waals surface area contributed by atoms with Crippen molar-refractivity contribution < 1.29 is 13.2 Å². The molecule has 2 nitrogen and oxygen atoms in total. The maximum Gasteiger partial charge on any atom is 0.425 e. The van der Waals surface area contributed by atoms with Gasteiger partial charge >= 0.3 is 6.18 Å². The molecule has 1 N–H and O–H groups in total. The van der Waals surface area contributed by atoms with Crippen LogP contribution in [0.2, 0.25) is 0 Å². The summed E-state index contributed by atoms with van der Waals surface area (Å²) in [4.78, 5) is 2.59. The lowest BCUT2D eigenvalue weighted by molar-refractivity contribution is -0.134. The molecular formula is C15H21F3N2S. The van der Waals surface area contributed by atoms with Crippen molar-refractivity contribution in [1.82, 2.24) is 10.2 Å². The Kier molecular flexibility index (Phi) is 4.57. The molecule has 0 unspecified atom stereocenters. The standard InChI is InChI=1S/C15H21F3N2S/c16-15(17,18)14-4-3-13(21-14)10-20-7-5-12(6-8-20)19-9-11-1-2-11/h3-4,11-12,19H,1-2,5-10H2. The van der Waals surface area contributed by atoms with Crippen LogP contribution in [0.5, 0.6) is 0 Å². The molecule has 0 aromatic carbocycles. The summed E-state index contributed by atoms with van der Waals surface area (Å²) >= 11 is 0.874. The zero-order chi connectivity index (χ0) is 14.9. The summed E-state index contributed by atoms with van der Waals surface area (Å²) in [6, 6.07) is 3.41. The van der Waals surface area contributed by atoms with Crippen LogP contribution in [0.4, 0.5) is 13.2 Å². The lowest BCUT2D eigenvalue weighted by Crippen LogP contribution is -2.42. The van der Waals surface area contributed by atoms with Crippen molar-refractivity contribution in [3.05, 3.63) is 21.9 Å². The largest absolute Gasteiger partial charge is 0.425 e. The second-order valence-corrected chi connectivity index (χ2v) is 7.33. The first-order valence-electron chi connectivity index (χ1n) is 7.62. The Morgan fingerprint density at radius 3 is 2.43 bits per heavy atom. The summed E-state index contributed by atoms with van der Waals surface area (Å²) in [6.45, 7) is 3.74. The number of nitrogens with zero attached hydrogens (tertiary/aromatic N) is 1. The second-order valence-electron chi connectivity index (χ2n) is 6.17. The van der Waals surface area contributed by atoms with Crippen molar-refractivity contribution in [3.63, 3.8) is 0 Å². The van der Waals surface area contributed by atoms with E-state index in [0.29, 0.717) is 12.6 Å². The van der Waals surface area contributed by atoms with Crippen molar-refractivity contribution in [2.75, 3.05) is 19.6 Å². The smallest absolute Gasteiger partial charge is 0.314 e. The molecule has 3 rings (SSSR count). The Labute approximate surface area is 127 Å². The van der Waals surface area contributed by atoms with Crippen molar-refractivity contribution in [2.45, 2.75) is 44.4 Å². The molecule has 0 spiro atoms. The van der Waals surface area contributed by atoms with Crippen LogP contribution >= 0.6 is 11.3 Å². The maximum atomic E-state index is 12.6. The van der Waals surface area contributed by atoms with Gasteiger partial charge in [0.15, 0.2) is 0 Å². The van der Waals surface area contributed by atoms with Crippen LogP contribution in [0, 0.1) is 5.92 Å². The SMILES string of the molecule is FC(F)(F)c1ccc(CN2CCC(NCC3CC3)CC2)s1. The number of alkyl halides is 3. The van der Waals surface area contributed by atoms with Gasteiger partial charge in [0.05, 0.1) is 0 Å². The van der Waals surface area contributed by atoms with E-state index >= 15 is 0 Å². The third-order valence-corrected chi connectivity index (χ3v) is 5.42. The summed E-state index contributed by atoms with van der Waals surface area (Å²) in [5, 5.41) is 3.62. The molecule has 21 heavy (non-hydrogen) atoms. The molecule has 0 radical (unpaired) electrons. The first-order chi connectivity index (χ1) is 10.0. The highest BCUT2D eigenvalue weighted by molar-refractivity contribution is 7.12. The Morgan fingerprint density at radius 1 is 1.14 bits per heavy atom. The van der Waals surface area contributed by atoms with Gasteiger partial charge < -0.3 is 5.32 Å². The second kappa shape index (κ2) is 6.26. The lowest BCUT2D eigenvalue weighted by atomic mass is 10.0. The number of thiophene rings is 1. The van der Waals surface area contributed by atoms with Crippen molar-refractivity contribution in [2.24, 2.45) is 5.92 Å². The third-order valence-electron chi connectivity index (χ3n) is 4.30. The van der Waals surface area contributed by atoms with Gasteiger partial charge in [-0.05, 0) is 63.4 Å². The molecule has 1 aromatic rings. The molecule has 2 aliphatic rings. The van der Waals surface area contributed by atoms with Gasteiger partial charge in [0, 0.05) is 17.5 Å². The van der Waals surface area contributed by atoms with Gasteiger partial charge in [-0.25, -0.2) is 0 Å². The van der Waals surface area contributed by atoms with Crippen LogP contribution in [-0.4, -0.2) is 30.6 Å². The number of nitrogens with one attached hydrogen (secondary N) is 1. The van der Waals surface area contributed by atoms with E-state index in [4.69, 9.17) is 0 Å². The average Bonchev–Trinajstić information content (AvgIpc) is 3.14. The van der Waals surface area contributed by atoms with E-state index in [1.165, 1.54) is 18.9 Å². The summed E-state index contributed by atoms with van der Waals surface area (Å²) in [5.74, 6) is 0.898. The molecule has 1 saturated carbocycles. The number of hydrogen-bond acceptors (Lipinski definition) is 3. The Bertz CT molecular complexity index is 460. The van der Waals surface area contributed by atoms with E-state index < -0.39 is 11.1 Å². The Balaban J connectivity index is 1.43. The van der Waals surface area contributed by atoms with Gasteiger partial charge in [-0.1, -0.05) is 0 Å². The van der Waals surface area contributed by atoms with Crippen LogP contribution < -0.4 is 5.32 Å². The van der Waals surface area contributed by atoms with Crippen LogP contribution in [-0.2, 0) is 12.7 Å². The van der Waals surface area contributed by atoms with Crippen LogP contribution in [0.3, 0.4) is 0 Å². The molecule has 118 valence electrons. The van der Waals surface area contributed by atoms with E-state index in [9.17, 15) is 13.2 Å². The number of rotatable bonds is 5. The molecule has 1 aliphatic carbocycles. The highest BCUT2D eigenvalue weighted by Gasteiger charge is 2.32. The topological polar surface area (TPSA) is 15.3 Å². The van der Waals surface area contributed by atoms with Gasteiger partial charge in [0.1, 0.15) is 4.88 Å². The zero-order valence-electron chi connectivity index (χ0n) is 12.0. The lowest BCUT2D eigenvalue weighted by Gasteiger charge is -2.32. The number of halogens is 3. The first-order valence-corrected chi connectivity index (χ1v) is 8.44. The highest BCUT2D eigenvalue weighted by atomic mass is 32.1. The van der Waals surface area contributed by atoms with Gasteiger partial charge in [-0.3, -0.25) is 4.90 Å². The van der Waals surface area contributed by atoms with Gasteiger partial charge in [-0.15, -0.1) is 11.3 Å². The molecule has 0 atom stereocenters. The van der Waals surface area contributed by atoms with Gasteiger partial charge in [0.25, 0.3) is 0 Å². The van der Waals surface area contributed by atoms with Gasteiger partial charge in [-0.2, -0.15) is 13.2 Å². The predicted octanol–water partition coefficient (Wildman–Crippen LogP) is 3.73. The van der Waals surface area contributed by atoms with E-state index in [1.807, 2.05) is 0 Å². The molecule has 2 heterocycles. The van der Waals surface area contributed by atoms with Crippen LogP contribution in [0.1, 0.15) is 35.4 Å². The summed E-state index contributed by atoms with van der Waals surface area (Å²) in [5.41, 5.74) is 0. The summed E-state index contributed by atoms with van der Waals surface area (Å²) in [7, 11) is 0. The Morgan fingerprint density at radius 2 is 1.86 bits per heavy atom. The fraction of sp³-hybridized carbons (Fsp3) is 0.733. The summed E-state index contributed by atoms with van der Waals surface area (Å²) < 4.78 is 37.7. The van der Waals surface area contributed by atoms with E-state index in [2.05, 4.69) is 10.2 Å². The fourth-order valence-electron chi connectivity index (χ4n) is 2.79. The van der Waals surface area contributed by atoms with Crippen molar-refractivity contribution in [1.29, 1.82) is 0 Å². The molecule has 0 amide bonds. The molecule has 2 fully saturated rings. The zero-order valence-corrected chi connectivity index (χ0v) is 12.8. The quantitative estimate of drug-likeness (QED) is 0.890. The highest BCUT2D eigenvalue weighted by Crippen LogP contribution is 2.35. The van der Waals surface area contributed by atoms with Crippen molar-refractivity contribution in [3.8, 4) is 0 Å². The van der Waals surface area contributed by atoms with Gasteiger partial charge in [0.2, 0.25) is 0 Å². The molecule has 6 heteroatoms. The van der Waals surface area contributed by atoms with Crippen LogP contribution in [0.25, 0.3) is 0 Å². The maximum absolute atomic E-state index is 12.6. The van der Waals surface area contributed by atoms with Crippen LogP contribution in [0.15, 0.2) is 12.1 Å². The minimum absolute atomic E-state index is 0.488. The van der Waals surface area contributed by atoms with Crippen molar-refractivity contribution >= 4 is 11.3 Å². The molecule has 0 bridgehead atoms. The third kappa shape index (κ3) is 4.44. The number of likely N-dealkylation sites (tertiary alicyclic amines) is 1. The van der Waals surface area contributed by atoms with E-state index in [-0.39, 0.29) is 0 Å². The summed E-state index contributed by atoms with van der Waals surface area (Å²) in [6.07, 6.45) is 0.731. The fourth-order valence-corrected chi connectivity index (χ4v) is 3.70. The minimum atomic E-state index is -4.21. The first kappa shape index (κ1) is 15.3. The molecular weight excluding hydrogens is 297 g/mol. The molecule has 1 aromatic heterocycles. The molecule has 1 saturated heterocycles. The average molecular weight is 318 g/mol. The number of hydrogen-bond donors (Lipinski definition) is 1. The van der Waals surface area contributed by atoms with E-state index in [0.717, 1.165) is 54.6 Å². The minimum Gasteiger partial charge on any atom is -0.314 e. The molecule has 1 aliphatic heterocycles.